The van der Waals surface area contributed by atoms with Crippen molar-refractivity contribution in [3.05, 3.63) is 84.4 Å². The van der Waals surface area contributed by atoms with Gasteiger partial charge in [0.2, 0.25) is 5.91 Å². The Kier molecular flexibility index (Phi) is 6.86. The van der Waals surface area contributed by atoms with Crippen LogP contribution in [0.4, 0.5) is 4.79 Å². The largest absolute Gasteiger partial charge is 0.447 e. The number of benzene rings is 2. The van der Waals surface area contributed by atoms with Crippen molar-refractivity contribution >= 4 is 12.0 Å². The number of imide groups is 1. The fraction of sp³-hybridized carbons (Fsp3) is 0.407. The summed E-state index contributed by atoms with van der Waals surface area (Å²) >= 11 is 0. The molecule has 0 aromatic heterocycles. The first kappa shape index (κ1) is 21.4. The van der Waals surface area contributed by atoms with Crippen LogP contribution < -0.4 is 0 Å². The van der Waals surface area contributed by atoms with E-state index < -0.39 is 6.09 Å². The van der Waals surface area contributed by atoms with E-state index in [2.05, 4.69) is 30.8 Å². The second-order valence-corrected chi connectivity index (χ2v) is 8.68. The molecular weight excluding hydrogens is 386 g/mol. The number of hydrogen-bond acceptors (Lipinski definition) is 3. The number of allylic oxidation sites excluding steroid dienone is 1. The summed E-state index contributed by atoms with van der Waals surface area (Å²) < 4.78 is 5.48. The van der Waals surface area contributed by atoms with Gasteiger partial charge in [-0.15, -0.1) is 6.58 Å². The van der Waals surface area contributed by atoms with Gasteiger partial charge in [-0.3, -0.25) is 4.79 Å². The van der Waals surface area contributed by atoms with Gasteiger partial charge in [-0.25, -0.2) is 9.69 Å². The SMILES string of the molecule is C=CC[C@@H](C(=O)N1C(=O)OC[C@H]1C(c1ccccc1)c1ccccc1)C1CCCCC1. The predicted octanol–water partition coefficient (Wildman–Crippen LogP) is 5.94. The molecule has 1 heterocycles. The van der Waals surface area contributed by atoms with Gasteiger partial charge in [-0.2, -0.15) is 0 Å². The summed E-state index contributed by atoms with van der Waals surface area (Å²) in [6, 6.07) is 19.8. The van der Waals surface area contributed by atoms with E-state index in [1.807, 2.05) is 42.5 Å². The quantitative estimate of drug-likeness (QED) is 0.524. The molecule has 162 valence electrons. The lowest BCUT2D eigenvalue weighted by Crippen LogP contribution is -2.47. The predicted molar refractivity (Wildman–Crippen MR) is 122 cm³/mol. The third-order valence-corrected chi connectivity index (χ3v) is 6.80. The topological polar surface area (TPSA) is 46.6 Å². The standard InChI is InChI=1S/C27H31NO3/c1-2-12-23(20-13-6-3-7-14-20)26(29)28-24(19-31-27(28)30)25(21-15-8-4-9-16-21)22-17-10-5-11-18-22/h2,4-5,8-11,15-18,20,23-25H,1,3,6-7,12-14,19H2/t23-,24+/m1/s1. The van der Waals surface area contributed by atoms with Crippen LogP contribution in [0, 0.1) is 11.8 Å². The Morgan fingerprint density at radius 1 is 1.00 bits per heavy atom. The minimum atomic E-state index is -0.517. The summed E-state index contributed by atoms with van der Waals surface area (Å²) in [5.41, 5.74) is 2.15. The normalized spacial score (nSPS) is 20.5. The number of amides is 2. The Bertz CT molecular complexity index is 850. The molecule has 1 aliphatic heterocycles. The lowest BCUT2D eigenvalue weighted by atomic mass is 9.77. The number of hydrogen-bond donors (Lipinski definition) is 0. The molecule has 31 heavy (non-hydrogen) atoms. The maximum atomic E-state index is 13.8. The number of carbonyl (C=O) groups excluding carboxylic acids is 2. The van der Waals surface area contributed by atoms with E-state index in [0.29, 0.717) is 12.3 Å². The van der Waals surface area contributed by atoms with E-state index in [4.69, 9.17) is 4.74 Å². The van der Waals surface area contributed by atoms with Crippen molar-refractivity contribution in [1.82, 2.24) is 4.90 Å². The molecule has 0 radical (unpaired) electrons. The second kappa shape index (κ2) is 9.95. The van der Waals surface area contributed by atoms with Gasteiger partial charge in [0.05, 0.1) is 6.04 Å². The van der Waals surface area contributed by atoms with E-state index >= 15 is 0 Å². The number of rotatable bonds is 7. The molecule has 2 aromatic carbocycles. The minimum absolute atomic E-state index is 0.101. The van der Waals surface area contributed by atoms with Gasteiger partial charge in [0, 0.05) is 11.8 Å². The van der Waals surface area contributed by atoms with Gasteiger partial charge >= 0.3 is 6.09 Å². The molecule has 2 aromatic rings. The number of ether oxygens (including phenoxy) is 1. The number of cyclic esters (lactones) is 1. The molecule has 4 heteroatoms. The molecule has 0 N–H and O–H groups in total. The summed E-state index contributed by atoms with van der Waals surface area (Å²) in [4.78, 5) is 28.1. The Morgan fingerprint density at radius 2 is 1.58 bits per heavy atom. The highest BCUT2D eigenvalue weighted by Gasteiger charge is 2.46. The van der Waals surface area contributed by atoms with Crippen LogP contribution in [0.15, 0.2) is 73.3 Å². The highest BCUT2D eigenvalue weighted by atomic mass is 16.6. The molecule has 0 unspecified atom stereocenters. The molecule has 2 atom stereocenters. The van der Waals surface area contributed by atoms with Crippen molar-refractivity contribution in [3.8, 4) is 0 Å². The van der Waals surface area contributed by atoms with E-state index in [-0.39, 0.29) is 30.4 Å². The maximum Gasteiger partial charge on any atom is 0.417 e. The highest BCUT2D eigenvalue weighted by Crippen LogP contribution is 2.38. The Morgan fingerprint density at radius 3 is 2.13 bits per heavy atom. The summed E-state index contributed by atoms with van der Waals surface area (Å²) in [7, 11) is 0. The molecule has 0 bridgehead atoms. The van der Waals surface area contributed by atoms with Gasteiger partial charge in [0.15, 0.2) is 0 Å². The molecule has 1 aliphatic carbocycles. The molecule has 4 nitrogen and oxygen atoms in total. The van der Waals surface area contributed by atoms with Gasteiger partial charge in [0.1, 0.15) is 6.61 Å². The number of carbonyl (C=O) groups is 2. The number of nitrogens with zero attached hydrogens (tertiary/aromatic N) is 1. The average molecular weight is 418 g/mol. The lowest BCUT2D eigenvalue weighted by Gasteiger charge is -2.34. The molecule has 0 spiro atoms. The van der Waals surface area contributed by atoms with Crippen molar-refractivity contribution < 1.29 is 14.3 Å². The van der Waals surface area contributed by atoms with Crippen molar-refractivity contribution in [3.63, 3.8) is 0 Å². The summed E-state index contributed by atoms with van der Waals surface area (Å²) in [6.07, 6.45) is 7.51. The Balaban J connectivity index is 1.69. The third-order valence-electron chi connectivity index (χ3n) is 6.80. The zero-order chi connectivity index (χ0) is 21.6. The van der Waals surface area contributed by atoms with Crippen LogP contribution in [-0.4, -0.2) is 29.5 Å². The molecule has 2 fully saturated rings. The average Bonchev–Trinajstić information content (AvgIpc) is 3.20. The van der Waals surface area contributed by atoms with Crippen LogP contribution in [0.3, 0.4) is 0 Å². The van der Waals surface area contributed by atoms with Crippen molar-refractivity contribution in [2.45, 2.75) is 50.5 Å². The van der Waals surface area contributed by atoms with Crippen LogP contribution in [-0.2, 0) is 9.53 Å². The molecule has 2 aliphatic rings. The monoisotopic (exact) mass is 417 g/mol. The maximum absolute atomic E-state index is 13.8. The van der Waals surface area contributed by atoms with Crippen molar-refractivity contribution in [2.75, 3.05) is 6.61 Å². The smallest absolute Gasteiger partial charge is 0.417 e. The summed E-state index contributed by atoms with van der Waals surface area (Å²) in [5, 5.41) is 0. The molecule has 4 rings (SSSR count). The zero-order valence-electron chi connectivity index (χ0n) is 18.0. The van der Waals surface area contributed by atoms with Crippen molar-refractivity contribution in [2.24, 2.45) is 11.8 Å². The van der Waals surface area contributed by atoms with Crippen molar-refractivity contribution in [1.29, 1.82) is 0 Å². The van der Waals surface area contributed by atoms with E-state index in [1.54, 1.807) is 0 Å². The van der Waals surface area contributed by atoms with Gasteiger partial charge in [-0.1, -0.05) is 86.0 Å². The van der Waals surface area contributed by atoms with E-state index in [1.165, 1.54) is 11.3 Å². The first-order valence-electron chi connectivity index (χ1n) is 11.4. The Labute approximate surface area is 184 Å². The van der Waals surface area contributed by atoms with Gasteiger partial charge < -0.3 is 4.74 Å². The summed E-state index contributed by atoms with van der Waals surface area (Å²) in [5.74, 6) is -0.136. The van der Waals surface area contributed by atoms with Gasteiger partial charge in [-0.05, 0) is 36.3 Å². The fourth-order valence-electron chi connectivity index (χ4n) is 5.28. The molecular formula is C27H31NO3. The molecule has 1 saturated heterocycles. The van der Waals surface area contributed by atoms with Crippen LogP contribution in [0.5, 0.6) is 0 Å². The third kappa shape index (κ3) is 4.58. The van der Waals surface area contributed by atoms with Crippen LogP contribution in [0.25, 0.3) is 0 Å². The highest BCUT2D eigenvalue weighted by molar-refractivity contribution is 5.95. The first-order valence-corrected chi connectivity index (χ1v) is 11.4. The van der Waals surface area contributed by atoms with E-state index in [9.17, 15) is 9.59 Å². The first-order chi connectivity index (χ1) is 15.2. The lowest BCUT2D eigenvalue weighted by molar-refractivity contribution is -0.135. The molecule has 2 amide bonds. The van der Waals surface area contributed by atoms with Gasteiger partial charge in [0.25, 0.3) is 0 Å². The molecule has 1 saturated carbocycles. The fourth-order valence-corrected chi connectivity index (χ4v) is 5.28. The second-order valence-electron chi connectivity index (χ2n) is 8.68. The van der Waals surface area contributed by atoms with E-state index in [0.717, 1.165) is 36.8 Å². The minimum Gasteiger partial charge on any atom is -0.447 e. The van der Waals surface area contributed by atoms with Crippen LogP contribution in [0.2, 0.25) is 0 Å². The summed E-state index contributed by atoms with van der Waals surface area (Å²) in [6.45, 7) is 4.10. The zero-order valence-corrected chi connectivity index (χ0v) is 18.0. The Hall–Kier alpha value is -2.88. The van der Waals surface area contributed by atoms with Crippen LogP contribution in [0.1, 0.15) is 55.6 Å². The van der Waals surface area contributed by atoms with Crippen LogP contribution >= 0.6 is 0 Å².